The topological polar surface area (TPSA) is 15.3 Å². The predicted octanol–water partition coefficient (Wildman–Crippen LogP) is 3.22. The summed E-state index contributed by atoms with van der Waals surface area (Å²) in [5, 5.41) is 3.62. The van der Waals surface area contributed by atoms with Gasteiger partial charge in [-0.05, 0) is 44.7 Å². The van der Waals surface area contributed by atoms with E-state index in [4.69, 9.17) is 0 Å². The van der Waals surface area contributed by atoms with Gasteiger partial charge in [0.15, 0.2) is 0 Å². The van der Waals surface area contributed by atoms with Gasteiger partial charge in [-0.15, -0.1) is 0 Å². The summed E-state index contributed by atoms with van der Waals surface area (Å²) in [6.45, 7) is 9.09. The lowest BCUT2D eigenvalue weighted by Gasteiger charge is -2.37. The van der Waals surface area contributed by atoms with Crippen molar-refractivity contribution >= 4 is 5.69 Å². The molecule has 0 fully saturated rings. The van der Waals surface area contributed by atoms with Gasteiger partial charge in [-0.25, -0.2) is 0 Å². The summed E-state index contributed by atoms with van der Waals surface area (Å²) in [6, 6.07) is 10.0. The van der Waals surface area contributed by atoms with Gasteiger partial charge in [-0.1, -0.05) is 25.1 Å². The van der Waals surface area contributed by atoms with Gasteiger partial charge in [-0.3, -0.25) is 0 Å². The fourth-order valence-corrected chi connectivity index (χ4v) is 2.65. The smallest absolute Gasteiger partial charge is 0.0401 e. The van der Waals surface area contributed by atoms with Crippen LogP contribution < -0.4 is 10.2 Å². The number of rotatable bonds is 5. The van der Waals surface area contributed by atoms with Crippen molar-refractivity contribution in [3.8, 4) is 0 Å². The number of hydrogen-bond donors (Lipinski definition) is 1. The van der Waals surface area contributed by atoms with Crippen molar-refractivity contribution in [2.45, 2.75) is 52.1 Å². The normalized spacial score (nSPS) is 18.3. The third-order valence-corrected chi connectivity index (χ3v) is 4.05. The van der Waals surface area contributed by atoms with Crippen LogP contribution in [0.25, 0.3) is 0 Å². The maximum Gasteiger partial charge on any atom is 0.0401 e. The molecule has 0 spiro atoms. The minimum Gasteiger partial charge on any atom is -0.367 e. The Morgan fingerprint density at radius 1 is 1.28 bits per heavy atom. The van der Waals surface area contributed by atoms with Crippen LogP contribution in [0.3, 0.4) is 0 Å². The Kier molecular flexibility index (Phi) is 4.65. The summed E-state index contributed by atoms with van der Waals surface area (Å²) < 4.78 is 0. The van der Waals surface area contributed by atoms with Crippen molar-refractivity contribution < 1.29 is 0 Å². The highest BCUT2D eigenvalue weighted by Gasteiger charge is 2.20. The second kappa shape index (κ2) is 6.24. The van der Waals surface area contributed by atoms with E-state index in [1.807, 2.05) is 0 Å². The van der Waals surface area contributed by atoms with Gasteiger partial charge < -0.3 is 10.2 Å². The molecule has 2 heteroatoms. The molecule has 0 saturated carbocycles. The lowest BCUT2D eigenvalue weighted by molar-refractivity contribution is 0.480. The molecular formula is C16H26N2. The van der Waals surface area contributed by atoms with E-state index in [0.29, 0.717) is 12.1 Å². The Morgan fingerprint density at radius 2 is 2.06 bits per heavy atom. The van der Waals surface area contributed by atoms with Gasteiger partial charge in [0.1, 0.15) is 0 Å². The minimum absolute atomic E-state index is 0.570. The van der Waals surface area contributed by atoms with Crippen LogP contribution in [0.2, 0.25) is 0 Å². The molecule has 1 N–H and O–H groups in total. The van der Waals surface area contributed by atoms with E-state index in [2.05, 4.69) is 55.3 Å². The Hall–Kier alpha value is -1.02. The average molecular weight is 246 g/mol. The number of nitrogens with zero attached hydrogens (tertiary/aromatic N) is 1. The molecule has 2 unspecified atom stereocenters. The Labute approximate surface area is 111 Å². The number of hydrogen-bond acceptors (Lipinski definition) is 2. The summed E-state index contributed by atoms with van der Waals surface area (Å²) in [6.07, 6.45) is 3.71. The third kappa shape index (κ3) is 3.05. The standard InChI is InChI=1S/C16H26N2/c1-4-13(2)17-12-14(3)18-11-7-9-15-8-5-6-10-16(15)18/h5-6,8,10,13-14,17H,4,7,9,11-12H2,1-3H3. The summed E-state index contributed by atoms with van der Waals surface area (Å²) in [4.78, 5) is 2.56. The first-order valence-electron chi connectivity index (χ1n) is 7.30. The predicted molar refractivity (Wildman–Crippen MR) is 79.3 cm³/mol. The summed E-state index contributed by atoms with van der Waals surface area (Å²) in [5.74, 6) is 0. The van der Waals surface area contributed by atoms with Crippen LogP contribution in [0.4, 0.5) is 5.69 Å². The SMILES string of the molecule is CCC(C)NCC(C)N1CCCc2ccccc21. The molecule has 0 bridgehead atoms. The van der Waals surface area contributed by atoms with E-state index < -0.39 is 0 Å². The van der Waals surface area contributed by atoms with Gasteiger partial charge in [-0.2, -0.15) is 0 Å². The highest BCUT2D eigenvalue weighted by atomic mass is 15.2. The molecule has 1 aliphatic heterocycles. The zero-order chi connectivity index (χ0) is 13.0. The first-order valence-corrected chi connectivity index (χ1v) is 7.30. The number of aryl methyl sites for hydroxylation is 1. The van der Waals surface area contributed by atoms with E-state index in [-0.39, 0.29) is 0 Å². The third-order valence-electron chi connectivity index (χ3n) is 4.05. The highest BCUT2D eigenvalue weighted by molar-refractivity contribution is 5.56. The number of fused-ring (bicyclic) bond motifs is 1. The van der Waals surface area contributed by atoms with E-state index in [1.54, 1.807) is 0 Å². The van der Waals surface area contributed by atoms with Crippen LogP contribution in [0.1, 0.15) is 39.2 Å². The Balaban J connectivity index is 2.01. The Bertz CT molecular complexity index is 375. The molecule has 0 aromatic heterocycles. The molecule has 1 aromatic rings. The maximum atomic E-state index is 3.62. The molecule has 1 heterocycles. The lowest BCUT2D eigenvalue weighted by Crippen LogP contribution is -2.44. The van der Waals surface area contributed by atoms with Crippen molar-refractivity contribution in [1.29, 1.82) is 0 Å². The van der Waals surface area contributed by atoms with Crippen molar-refractivity contribution in [3.63, 3.8) is 0 Å². The van der Waals surface area contributed by atoms with Crippen LogP contribution >= 0.6 is 0 Å². The summed E-state index contributed by atoms with van der Waals surface area (Å²) in [5.41, 5.74) is 2.96. The summed E-state index contributed by atoms with van der Waals surface area (Å²) >= 11 is 0. The number of nitrogens with one attached hydrogen (secondary N) is 1. The van der Waals surface area contributed by atoms with E-state index in [0.717, 1.165) is 6.54 Å². The molecule has 1 aromatic carbocycles. The van der Waals surface area contributed by atoms with Crippen molar-refractivity contribution in [3.05, 3.63) is 29.8 Å². The van der Waals surface area contributed by atoms with Crippen molar-refractivity contribution in [1.82, 2.24) is 5.32 Å². The molecule has 1 aliphatic rings. The van der Waals surface area contributed by atoms with E-state index >= 15 is 0 Å². The van der Waals surface area contributed by atoms with Crippen LogP contribution in [-0.4, -0.2) is 25.2 Å². The second-order valence-corrected chi connectivity index (χ2v) is 5.49. The van der Waals surface area contributed by atoms with Crippen LogP contribution in [0.15, 0.2) is 24.3 Å². The first-order chi connectivity index (χ1) is 8.72. The van der Waals surface area contributed by atoms with E-state index in [1.165, 1.54) is 37.1 Å². The number of para-hydroxylation sites is 1. The highest BCUT2D eigenvalue weighted by Crippen LogP contribution is 2.28. The fourth-order valence-electron chi connectivity index (χ4n) is 2.65. The van der Waals surface area contributed by atoms with Gasteiger partial charge >= 0.3 is 0 Å². The fraction of sp³-hybridized carbons (Fsp3) is 0.625. The zero-order valence-electron chi connectivity index (χ0n) is 11.9. The molecule has 0 amide bonds. The van der Waals surface area contributed by atoms with Gasteiger partial charge in [0, 0.05) is 30.9 Å². The van der Waals surface area contributed by atoms with E-state index in [9.17, 15) is 0 Å². The van der Waals surface area contributed by atoms with Crippen LogP contribution in [-0.2, 0) is 6.42 Å². The monoisotopic (exact) mass is 246 g/mol. The number of anilines is 1. The quantitative estimate of drug-likeness (QED) is 0.858. The maximum absolute atomic E-state index is 3.62. The summed E-state index contributed by atoms with van der Waals surface area (Å²) in [7, 11) is 0. The number of benzene rings is 1. The van der Waals surface area contributed by atoms with Gasteiger partial charge in [0.05, 0.1) is 0 Å². The van der Waals surface area contributed by atoms with Gasteiger partial charge in [0.25, 0.3) is 0 Å². The van der Waals surface area contributed by atoms with Crippen molar-refractivity contribution in [2.75, 3.05) is 18.0 Å². The van der Waals surface area contributed by atoms with Crippen LogP contribution in [0.5, 0.6) is 0 Å². The molecule has 100 valence electrons. The zero-order valence-corrected chi connectivity index (χ0v) is 11.9. The molecule has 2 rings (SSSR count). The second-order valence-electron chi connectivity index (χ2n) is 5.49. The molecule has 2 atom stereocenters. The minimum atomic E-state index is 0.570. The lowest BCUT2D eigenvalue weighted by atomic mass is 10.0. The molecular weight excluding hydrogens is 220 g/mol. The average Bonchev–Trinajstić information content (AvgIpc) is 2.43. The first kappa shape index (κ1) is 13.4. The van der Waals surface area contributed by atoms with Crippen LogP contribution in [0, 0.1) is 0 Å². The Morgan fingerprint density at radius 3 is 2.83 bits per heavy atom. The molecule has 0 aliphatic carbocycles. The molecule has 0 radical (unpaired) electrons. The molecule has 18 heavy (non-hydrogen) atoms. The molecule has 2 nitrogen and oxygen atoms in total. The van der Waals surface area contributed by atoms with Crippen molar-refractivity contribution in [2.24, 2.45) is 0 Å². The largest absolute Gasteiger partial charge is 0.367 e. The molecule has 0 saturated heterocycles. The van der Waals surface area contributed by atoms with Gasteiger partial charge in [0.2, 0.25) is 0 Å².